The van der Waals surface area contributed by atoms with Crippen molar-refractivity contribution in [3.05, 3.63) is 12.4 Å². The zero-order valence-electron chi connectivity index (χ0n) is 8.15. The average Bonchev–Trinajstić information content (AvgIpc) is 2.54. The lowest BCUT2D eigenvalue weighted by atomic mass is 10.0. The van der Waals surface area contributed by atoms with Gasteiger partial charge in [-0.05, 0) is 20.3 Å². The average molecular weight is 182 g/mol. The molecule has 0 radical (unpaired) electrons. The van der Waals surface area contributed by atoms with Crippen LogP contribution in [0.5, 0.6) is 5.75 Å². The van der Waals surface area contributed by atoms with E-state index in [2.05, 4.69) is 30.6 Å². The van der Waals surface area contributed by atoms with Gasteiger partial charge in [-0.2, -0.15) is 5.10 Å². The van der Waals surface area contributed by atoms with E-state index >= 15 is 0 Å². The van der Waals surface area contributed by atoms with Gasteiger partial charge in [-0.1, -0.05) is 6.92 Å². The largest absolute Gasteiger partial charge is 0.425 e. The molecule has 4 nitrogen and oxygen atoms in total. The van der Waals surface area contributed by atoms with E-state index in [0.29, 0.717) is 12.2 Å². The van der Waals surface area contributed by atoms with Crippen molar-refractivity contribution in [1.29, 1.82) is 0 Å². The molecule has 1 aromatic heterocycles. The lowest BCUT2D eigenvalue weighted by Gasteiger charge is -2.22. The first-order valence-electron chi connectivity index (χ1n) is 4.25. The molecule has 0 fully saturated rings. The van der Waals surface area contributed by atoms with Crippen LogP contribution in [0.3, 0.4) is 0 Å². The molecule has 1 aromatic rings. The van der Waals surface area contributed by atoms with Crippen LogP contribution in [0.15, 0.2) is 12.4 Å². The second kappa shape index (κ2) is 3.60. The number of hydrogen-bond acceptors (Lipinski definition) is 3. The summed E-state index contributed by atoms with van der Waals surface area (Å²) < 4.78 is 6.46. The summed E-state index contributed by atoms with van der Waals surface area (Å²) in [4.78, 5) is 10.0. The van der Waals surface area contributed by atoms with E-state index in [0.717, 1.165) is 6.42 Å². The van der Waals surface area contributed by atoms with Crippen molar-refractivity contribution in [1.82, 2.24) is 9.78 Å². The highest BCUT2D eigenvalue weighted by atomic mass is 16.5. The Bertz CT molecular complexity index is 292. The molecule has 1 rings (SSSR count). The molecule has 0 N–H and O–H groups in total. The Morgan fingerprint density at radius 3 is 2.92 bits per heavy atom. The number of ether oxygens (including phenoxy) is 1. The van der Waals surface area contributed by atoms with Gasteiger partial charge in [-0.15, -0.1) is 0 Å². The zero-order chi connectivity index (χ0) is 9.90. The fraction of sp³-hybridized carbons (Fsp3) is 0.556. The minimum atomic E-state index is -0.0372. The molecule has 0 saturated carbocycles. The molecule has 0 unspecified atom stereocenters. The number of aromatic nitrogens is 2. The Hall–Kier alpha value is -1.32. The molecule has 0 amide bonds. The van der Waals surface area contributed by atoms with Gasteiger partial charge in [-0.25, -0.2) is 0 Å². The molecule has 0 bridgehead atoms. The van der Waals surface area contributed by atoms with Crippen molar-refractivity contribution in [3.8, 4) is 5.75 Å². The second-order valence-corrected chi connectivity index (χ2v) is 3.50. The number of nitrogens with zero attached hydrogens (tertiary/aromatic N) is 2. The lowest BCUT2D eigenvalue weighted by Crippen LogP contribution is -2.25. The highest BCUT2D eigenvalue weighted by molar-refractivity contribution is 5.43. The number of hydrogen-bond donors (Lipinski definition) is 0. The number of carbonyl (C=O) groups excluding carboxylic acids is 1. The zero-order valence-corrected chi connectivity index (χ0v) is 8.15. The molecule has 1 heterocycles. The smallest absolute Gasteiger partial charge is 0.298 e. The van der Waals surface area contributed by atoms with Gasteiger partial charge in [0.2, 0.25) is 0 Å². The molecule has 4 heteroatoms. The maximum Gasteiger partial charge on any atom is 0.298 e. The fourth-order valence-electron chi connectivity index (χ4n) is 0.916. The van der Waals surface area contributed by atoms with Crippen LogP contribution >= 0.6 is 0 Å². The van der Waals surface area contributed by atoms with Crippen LogP contribution in [-0.4, -0.2) is 16.3 Å². The van der Waals surface area contributed by atoms with Gasteiger partial charge >= 0.3 is 0 Å². The van der Waals surface area contributed by atoms with Crippen LogP contribution in [0.25, 0.3) is 0 Å². The highest BCUT2D eigenvalue weighted by Gasteiger charge is 2.18. The van der Waals surface area contributed by atoms with Crippen LogP contribution in [0, 0.1) is 0 Å². The van der Waals surface area contributed by atoms with Crippen LogP contribution in [0.1, 0.15) is 27.2 Å². The summed E-state index contributed by atoms with van der Waals surface area (Å²) >= 11 is 0. The third kappa shape index (κ3) is 2.08. The summed E-state index contributed by atoms with van der Waals surface area (Å²) in [6, 6.07) is 0. The van der Waals surface area contributed by atoms with Gasteiger partial charge in [0.25, 0.3) is 6.47 Å². The molecular formula is C9H14N2O2. The summed E-state index contributed by atoms with van der Waals surface area (Å²) in [5.74, 6) is 0.483. The Labute approximate surface area is 77.5 Å². The first-order chi connectivity index (χ1) is 6.10. The fourth-order valence-corrected chi connectivity index (χ4v) is 0.916. The molecule has 0 aliphatic rings. The van der Waals surface area contributed by atoms with Crippen molar-refractivity contribution in [3.63, 3.8) is 0 Å². The van der Waals surface area contributed by atoms with E-state index < -0.39 is 0 Å². The van der Waals surface area contributed by atoms with E-state index in [1.54, 1.807) is 10.9 Å². The number of carbonyl (C=O) groups is 1. The molecule has 0 spiro atoms. The van der Waals surface area contributed by atoms with Gasteiger partial charge in [0.05, 0.1) is 17.9 Å². The van der Waals surface area contributed by atoms with Gasteiger partial charge in [-0.3, -0.25) is 9.48 Å². The van der Waals surface area contributed by atoms with Crippen molar-refractivity contribution in [2.45, 2.75) is 32.7 Å². The standard InChI is InChI=1S/C9H14N2O2/c1-4-9(2,3)11-6-8(5-10-11)13-7-12/h5-7H,4H2,1-3H3. The van der Waals surface area contributed by atoms with Crippen molar-refractivity contribution in [2.75, 3.05) is 0 Å². The second-order valence-electron chi connectivity index (χ2n) is 3.50. The summed E-state index contributed by atoms with van der Waals surface area (Å²) in [5, 5.41) is 4.11. The van der Waals surface area contributed by atoms with Crippen LogP contribution in [0.2, 0.25) is 0 Å². The van der Waals surface area contributed by atoms with E-state index in [-0.39, 0.29) is 5.54 Å². The van der Waals surface area contributed by atoms with Crippen molar-refractivity contribution in [2.24, 2.45) is 0 Å². The number of rotatable bonds is 4. The van der Waals surface area contributed by atoms with Crippen molar-refractivity contribution >= 4 is 6.47 Å². The first kappa shape index (κ1) is 9.77. The van der Waals surface area contributed by atoms with Crippen LogP contribution in [-0.2, 0) is 10.3 Å². The van der Waals surface area contributed by atoms with Gasteiger partial charge < -0.3 is 4.74 Å². The van der Waals surface area contributed by atoms with Crippen LogP contribution in [0.4, 0.5) is 0 Å². The molecule has 0 aliphatic heterocycles. The Balaban J connectivity index is 2.84. The molecule has 0 atom stereocenters. The maximum atomic E-state index is 10.0. The quantitative estimate of drug-likeness (QED) is 0.664. The summed E-state index contributed by atoms with van der Waals surface area (Å²) in [6.45, 7) is 6.64. The Morgan fingerprint density at radius 2 is 2.38 bits per heavy atom. The third-order valence-electron chi connectivity index (χ3n) is 2.23. The van der Waals surface area contributed by atoms with E-state index in [1.807, 2.05) is 0 Å². The van der Waals surface area contributed by atoms with Gasteiger partial charge in [0.15, 0.2) is 5.75 Å². The maximum absolute atomic E-state index is 10.0. The minimum absolute atomic E-state index is 0.0372. The monoisotopic (exact) mass is 182 g/mol. The molecule has 0 aromatic carbocycles. The van der Waals surface area contributed by atoms with Crippen molar-refractivity contribution < 1.29 is 9.53 Å². The molecule has 13 heavy (non-hydrogen) atoms. The topological polar surface area (TPSA) is 44.1 Å². The third-order valence-corrected chi connectivity index (χ3v) is 2.23. The SMILES string of the molecule is CCC(C)(C)n1cc(OC=O)cn1. The molecule has 0 saturated heterocycles. The molecule has 0 aliphatic carbocycles. The predicted octanol–water partition coefficient (Wildman–Crippen LogP) is 1.56. The van der Waals surface area contributed by atoms with Gasteiger partial charge in [0, 0.05) is 0 Å². The Kier molecular flexibility index (Phi) is 2.70. The van der Waals surface area contributed by atoms with E-state index in [4.69, 9.17) is 0 Å². The molecular weight excluding hydrogens is 168 g/mol. The van der Waals surface area contributed by atoms with Gasteiger partial charge in [0.1, 0.15) is 0 Å². The lowest BCUT2D eigenvalue weighted by molar-refractivity contribution is -0.120. The summed E-state index contributed by atoms with van der Waals surface area (Å²) in [5.41, 5.74) is -0.0372. The summed E-state index contributed by atoms with van der Waals surface area (Å²) in [6.07, 6.45) is 4.22. The summed E-state index contributed by atoms with van der Waals surface area (Å²) in [7, 11) is 0. The predicted molar refractivity (Wildman–Crippen MR) is 48.5 cm³/mol. The van der Waals surface area contributed by atoms with E-state index in [9.17, 15) is 4.79 Å². The highest BCUT2D eigenvalue weighted by Crippen LogP contribution is 2.20. The minimum Gasteiger partial charge on any atom is -0.425 e. The normalized spacial score (nSPS) is 11.3. The van der Waals surface area contributed by atoms with Crippen LogP contribution < -0.4 is 4.74 Å². The van der Waals surface area contributed by atoms with E-state index in [1.165, 1.54) is 6.20 Å². The Morgan fingerprint density at radius 1 is 1.69 bits per heavy atom. The first-order valence-corrected chi connectivity index (χ1v) is 4.25. The molecule has 72 valence electrons.